The van der Waals surface area contributed by atoms with Gasteiger partial charge in [0.1, 0.15) is 5.75 Å². The van der Waals surface area contributed by atoms with Gasteiger partial charge in [-0.1, -0.05) is 43.2 Å². The minimum absolute atomic E-state index is 0.116. The van der Waals surface area contributed by atoms with Gasteiger partial charge in [-0.25, -0.2) is 8.42 Å². The maximum atomic E-state index is 13.7. The van der Waals surface area contributed by atoms with E-state index in [2.05, 4.69) is 0 Å². The minimum atomic E-state index is -3.93. The van der Waals surface area contributed by atoms with Gasteiger partial charge in [0.2, 0.25) is 21.8 Å². The van der Waals surface area contributed by atoms with Gasteiger partial charge in [0.05, 0.1) is 18.1 Å². The molecule has 1 aliphatic heterocycles. The van der Waals surface area contributed by atoms with Gasteiger partial charge in [0.15, 0.2) is 6.04 Å². The molecule has 2 unspecified atom stereocenters. The summed E-state index contributed by atoms with van der Waals surface area (Å²) in [5, 5.41) is 11.3. The molecule has 2 aromatic carbocycles. The number of piperazine rings is 1. The summed E-state index contributed by atoms with van der Waals surface area (Å²) in [5.74, 6) is -0.490. The first kappa shape index (κ1) is 30.0. The third kappa shape index (κ3) is 7.01. The number of rotatable bonds is 12. The van der Waals surface area contributed by atoms with Crippen molar-refractivity contribution in [1.29, 1.82) is 0 Å². The summed E-state index contributed by atoms with van der Waals surface area (Å²) < 4.78 is 34.0. The molecule has 10 nitrogen and oxygen atoms in total. The molecule has 0 radical (unpaired) electrons. The third-order valence-electron chi connectivity index (χ3n) is 7.94. The predicted molar refractivity (Wildman–Crippen MR) is 151 cm³/mol. The number of benzene rings is 2. The van der Waals surface area contributed by atoms with Crippen molar-refractivity contribution in [3.63, 3.8) is 0 Å². The number of hydrogen-bond donors (Lipinski definition) is 2. The SMILES string of the molecule is COc1ccc(S(=O)(=O)N(CC(O)CN2C(=O)C(C(N)=O)N(C)C[C@@H]2Cc2ccccc2)CC2CCCC2)cc1. The number of hydrogen-bond acceptors (Lipinski definition) is 7. The molecule has 3 N–H and O–H groups in total. The van der Waals surface area contributed by atoms with Crippen LogP contribution in [0.3, 0.4) is 0 Å². The van der Waals surface area contributed by atoms with E-state index in [1.54, 1.807) is 24.1 Å². The van der Waals surface area contributed by atoms with Crippen LogP contribution >= 0.6 is 0 Å². The molecule has 1 saturated heterocycles. The minimum Gasteiger partial charge on any atom is -0.497 e. The molecular weight excluding hydrogens is 532 g/mol. The molecule has 3 atom stereocenters. The lowest BCUT2D eigenvalue weighted by Gasteiger charge is -2.44. The van der Waals surface area contributed by atoms with Crippen LogP contribution in [0.1, 0.15) is 31.2 Å². The average molecular weight is 573 g/mol. The van der Waals surface area contributed by atoms with Crippen molar-refractivity contribution in [2.24, 2.45) is 11.7 Å². The molecule has 0 spiro atoms. The van der Waals surface area contributed by atoms with E-state index in [-0.39, 0.29) is 29.9 Å². The Morgan fingerprint density at radius 3 is 2.38 bits per heavy atom. The van der Waals surface area contributed by atoms with Gasteiger partial charge in [-0.2, -0.15) is 4.31 Å². The normalized spacial score (nSPS) is 21.6. The summed E-state index contributed by atoms with van der Waals surface area (Å²) in [6.07, 6.45) is 3.31. The van der Waals surface area contributed by atoms with Crippen LogP contribution in [-0.4, -0.2) is 98.0 Å². The van der Waals surface area contributed by atoms with Crippen molar-refractivity contribution >= 4 is 21.8 Å². The first-order valence-corrected chi connectivity index (χ1v) is 15.2. The van der Waals surface area contributed by atoms with Crippen molar-refractivity contribution in [1.82, 2.24) is 14.1 Å². The first-order valence-electron chi connectivity index (χ1n) is 13.8. The smallest absolute Gasteiger partial charge is 0.250 e. The zero-order chi connectivity index (χ0) is 28.9. The fourth-order valence-corrected chi connectivity index (χ4v) is 7.42. The molecule has 218 valence electrons. The predicted octanol–water partition coefficient (Wildman–Crippen LogP) is 1.48. The van der Waals surface area contributed by atoms with Crippen LogP contribution in [0.5, 0.6) is 5.75 Å². The molecule has 11 heteroatoms. The number of nitrogens with two attached hydrogens (primary N) is 1. The van der Waals surface area contributed by atoms with E-state index >= 15 is 0 Å². The molecule has 40 heavy (non-hydrogen) atoms. The van der Waals surface area contributed by atoms with Gasteiger partial charge in [-0.15, -0.1) is 0 Å². The molecule has 2 aromatic rings. The number of amides is 2. The number of ether oxygens (including phenoxy) is 1. The number of carbonyl (C=O) groups excluding carboxylic acids is 2. The van der Waals surface area contributed by atoms with Gasteiger partial charge in [-0.05, 0) is 62.1 Å². The van der Waals surface area contributed by atoms with Crippen molar-refractivity contribution in [2.45, 2.75) is 55.2 Å². The number of methoxy groups -OCH3 is 1. The lowest BCUT2D eigenvalue weighted by atomic mass is 9.98. The Morgan fingerprint density at radius 2 is 1.77 bits per heavy atom. The zero-order valence-corrected chi connectivity index (χ0v) is 24.0. The lowest BCUT2D eigenvalue weighted by molar-refractivity contribution is -0.151. The number of aliphatic hydroxyl groups is 1. The second-order valence-corrected chi connectivity index (χ2v) is 12.8. The number of primary amides is 1. The lowest BCUT2D eigenvalue weighted by Crippen LogP contribution is -2.66. The summed E-state index contributed by atoms with van der Waals surface area (Å²) >= 11 is 0. The summed E-state index contributed by atoms with van der Waals surface area (Å²) in [7, 11) is -0.728. The van der Waals surface area contributed by atoms with Gasteiger partial charge in [0.25, 0.3) is 0 Å². The highest BCUT2D eigenvalue weighted by atomic mass is 32.2. The van der Waals surface area contributed by atoms with Crippen molar-refractivity contribution in [3.8, 4) is 5.75 Å². The Bertz CT molecular complexity index is 1250. The van der Waals surface area contributed by atoms with E-state index in [0.717, 1.165) is 31.2 Å². The monoisotopic (exact) mass is 572 g/mol. The van der Waals surface area contributed by atoms with E-state index in [1.165, 1.54) is 28.4 Å². The van der Waals surface area contributed by atoms with Gasteiger partial charge >= 0.3 is 0 Å². The molecule has 2 amide bonds. The molecule has 2 aliphatic rings. The number of likely N-dealkylation sites (N-methyl/N-ethyl adjacent to an activating group) is 1. The van der Waals surface area contributed by atoms with E-state index in [0.29, 0.717) is 25.3 Å². The highest BCUT2D eigenvalue weighted by Gasteiger charge is 2.43. The number of aliphatic hydroxyl groups excluding tert-OH is 1. The Labute approximate surface area is 236 Å². The number of nitrogens with zero attached hydrogens (tertiary/aromatic N) is 3. The van der Waals surface area contributed by atoms with Crippen LogP contribution in [-0.2, 0) is 26.0 Å². The second-order valence-electron chi connectivity index (χ2n) is 10.9. The molecular formula is C29H40N4O6S. The van der Waals surface area contributed by atoms with Gasteiger partial charge in [0, 0.05) is 32.2 Å². The highest BCUT2D eigenvalue weighted by Crippen LogP contribution is 2.29. The fourth-order valence-electron chi connectivity index (χ4n) is 5.87. The first-order chi connectivity index (χ1) is 19.1. The molecule has 2 fully saturated rings. The van der Waals surface area contributed by atoms with Crippen molar-refractivity contribution < 1.29 is 27.9 Å². The van der Waals surface area contributed by atoms with Crippen molar-refractivity contribution in [2.75, 3.05) is 40.3 Å². The Morgan fingerprint density at radius 1 is 1.12 bits per heavy atom. The molecule has 1 heterocycles. The fraction of sp³-hybridized carbons (Fsp3) is 0.517. The standard InChI is InChI=1S/C29H40N4O6S/c1-31-18-23(16-21-8-4-3-5-9-21)33(29(36)27(31)28(30)35)20-24(34)19-32(17-22-10-6-7-11-22)40(37,38)26-14-12-25(39-2)13-15-26/h3-5,8-9,12-15,22-24,27,34H,6-7,10-11,16-20H2,1-2H3,(H2,30,35)/t23-,24?,27?/m0/s1. The number of β-amino-alcohol motifs (C(OH)–C–C–N with tert-alkyl or cyclic N) is 1. The Balaban J connectivity index is 1.56. The summed E-state index contributed by atoms with van der Waals surface area (Å²) in [5.41, 5.74) is 6.58. The largest absolute Gasteiger partial charge is 0.497 e. The van der Waals surface area contributed by atoms with E-state index in [9.17, 15) is 23.1 Å². The van der Waals surface area contributed by atoms with Gasteiger partial charge in [-0.3, -0.25) is 14.5 Å². The molecule has 4 rings (SSSR count). The molecule has 0 aromatic heterocycles. The summed E-state index contributed by atoms with van der Waals surface area (Å²) in [6.45, 7) is 0.382. The maximum Gasteiger partial charge on any atom is 0.250 e. The highest BCUT2D eigenvalue weighted by molar-refractivity contribution is 7.89. The number of carbonyl (C=O) groups is 2. The third-order valence-corrected chi connectivity index (χ3v) is 9.78. The molecule has 1 saturated carbocycles. The molecule has 1 aliphatic carbocycles. The molecule has 0 bridgehead atoms. The zero-order valence-electron chi connectivity index (χ0n) is 23.2. The van der Waals surface area contributed by atoms with Crippen LogP contribution in [0.4, 0.5) is 0 Å². The van der Waals surface area contributed by atoms with E-state index < -0.39 is 34.0 Å². The Kier molecular flexibility index (Phi) is 9.83. The van der Waals surface area contributed by atoms with Crippen LogP contribution in [0.15, 0.2) is 59.5 Å². The van der Waals surface area contributed by atoms with Crippen LogP contribution in [0.25, 0.3) is 0 Å². The summed E-state index contributed by atoms with van der Waals surface area (Å²) in [4.78, 5) is 28.9. The number of sulfonamides is 1. The quantitative estimate of drug-likeness (QED) is 0.368. The van der Waals surface area contributed by atoms with E-state index in [1.807, 2.05) is 30.3 Å². The summed E-state index contributed by atoms with van der Waals surface area (Å²) in [6, 6.07) is 14.4. The van der Waals surface area contributed by atoms with Gasteiger partial charge < -0.3 is 20.5 Å². The van der Waals surface area contributed by atoms with Crippen LogP contribution in [0, 0.1) is 5.92 Å². The Hall–Kier alpha value is -2.99. The second kappa shape index (κ2) is 13.1. The van der Waals surface area contributed by atoms with Crippen molar-refractivity contribution in [3.05, 3.63) is 60.2 Å². The van der Waals surface area contributed by atoms with Crippen LogP contribution < -0.4 is 10.5 Å². The van der Waals surface area contributed by atoms with E-state index in [4.69, 9.17) is 10.5 Å². The topological polar surface area (TPSA) is 133 Å². The van der Waals surface area contributed by atoms with Crippen LogP contribution in [0.2, 0.25) is 0 Å². The maximum absolute atomic E-state index is 13.7. The average Bonchev–Trinajstić information content (AvgIpc) is 3.44.